The van der Waals surface area contributed by atoms with Crippen molar-refractivity contribution in [1.82, 2.24) is 0 Å². The molecule has 4 aliphatic rings. The Hall–Kier alpha value is -1.63. The quantitative estimate of drug-likeness (QED) is 0.663. The topological polar surface area (TPSA) is 12.4 Å². The average molecular weight is 275 g/mol. The van der Waals surface area contributed by atoms with Crippen LogP contribution >= 0.6 is 0 Å². The monoisotopic (exact) mass is 275 g/mol. The van der Waals surface area contributed by atoms with E-state index in [0.29, 0.717) is 0 Å². The Morgan fingerprint density at radius 3 is 2.14 bits per heavy atom. The Kier molecular flexibility index (Phi) is 2.52. The van der Waals surface area contributed by atoms with Crippen molar-refractivity contribution in [1.29, 1.82) is 0 Å². The number of fused-ring (bicyclic) bond motifs is 1. The molecule has 0 saturated heterocycles. The van der Waals surface area contributed by atoms with E-state index in [9.17, 15) is 0 Å². The molecule has 21 heavy (non-hydrogen) atoms. The first kappa shape index (κ1) is 12.0. The standard InChI is InChI=1S/C20H21N/c1-2-6-18-15(4-1)5-3-7-19(18)21-20-16-9-13-8-14(11-16)12-17(20)10-13/h1-7,13-14,16-17H,8-12H2. The maximum atomic E-state index is 5.20. The summed E-state index contributed by atoms with van der Waals surface area (Å²) >= 11 is 0. The highest BCUT2D eigenvalue weighted by Crippen LogP contribution is 2.52. The van der Waals surface area contributed by atoms with Crippen LogP contribution in [0.25, 0.3) is 10.8 Å². The summed E-state index contributed by atoms with van der Waals surface area (Å²) in [6, 6.07) is 15.2. The molecule has 106 valence electrons. The van der Waals surface area contributed by atoms with Crippen LogP contribution in [0.3, 0.4) is 0 Å². The zero-order valence-corrected chi connectivity index (χ0v) is 12.3. The second-order valence-corrected chi connectivity index (χ2v) is 7.34. The fourth-order valence-corrected chi connectivity index (χ4v) is 5.29. The van der Waals surface area contributed by atoms with Gasteiger partial charge in [-0.25, -0.2) is 0 Å². The maximum absolute atomic E-state index is 5.20. The van der Waals surface area contributed by atoms with Gasteiger partial charge in [-0.2, -0.15) is 0 Å². The van der Waals surface area contributed by atoms with Crippen molar-refractivity contribution in [3.05, 3.63) is 42.5 Å². The van der Waals surface area contributed by atoms with Crippen molar-refractivity contribution in [3.8, 4) is 0 Å². The van der Waals surface area contributed by atoms with Gasteiger partial charge in [-0.05, 0) is 67.2 Å². The molecule has 4 saturated carbocycles. The first-order valence-electron chi connectivity index (χ1n) is 8.43. The minimum Gasteiger partial charge on any atom is -0.257 e. The van der Waals surface area contributed by atoms with Crippen molar-refractivity contribution >= 4 is 22.2 Å². The van der Waals surface area contributed by atoms with Gasteiger partial charge in [0.15, 0.2) is 0 Å². The lowest BCUT2D eigenvalue weighted by Crippen LogP contribution is -2.45. The summed E-state index contributed by atoms with van der Waals surface area (Å²) in [5.41, 5.74) is 2.73. The normalized spacial score (nSPS) is 33.6. The zero-order chi connectivity index (χ0) is 13.8. The van der Waals surface area contributed by atoms with Crippen LogP contribution in [0.5, 0.6) is 0 Å². The molecule has 1 nitrogen and oxygen atoms in total. The summed E-state index contributed by atoms with van der Waals surface area (Å²) in [5.74, 6) is 3.61. The van der Waals surface area contributed by atoms with E-state index in [0.717, 1.165) is 23.7 Å². The van der Waals surface area contributed by atoms with Gasteiger partial charge in [0, 0.05) is 11.1 Å². The Labute approximate surface area is 126 Å². The van der Waals surface area contributed by atoms with Gasteiger partial charge in [-0.3, -0.25) is 4.99 Å². The first-order chi connectivity index (χ1) is 10.4. The van der Waals surface area contributed by atoms with Gasteiger partial charge < -0.3 is 0 Å². The lowest BCUT2D eigenvalue weighted by atomic mass is 9.55. The number of hydrogen-bond donors (Lipinski definition) is 0. The molecular weight excluding hydrogens is 254 g/mol. The average Bonchev–Trinajstić information content (AvgIpc) is 2.50. The Morgan fingerprint density at radius 2 is 1.38 bits per heavy atom. The summed E-state index contributed by atoms with van der Waals surface area (Å²) < 4.78 is 0. The third kappa shape index (κ3) is 1.87. The van der Waals surface area contributed by atoms with Gasteiger partial charge in [0.05, 0.1) is 5.69 Å². The van der Waals surface area contributed by atoms with Crippen LogP contribution < -0.4 is 0 Å². The molecule has 6 rings (SSSR count). The van der Waals surface area contributed by atoms with Crippen molar-refractivity contribution < 1.29 is 0 Å². The summed E-state index contributed by atoms with van der Waals surface area (Å²) in [6.45, 7) is 0. The second kappa shape index (κ2) is 4.43. The molecule has 0 heterocycles. The number of nitrogens with zero attached hydrogens (tertiary/aromatic N) is 1. The third-order valence-electron chi connectivity index (χ3n) is 5.99. The van der Waals surface area contributed by atoms with Crippen LogP contribution in [0.4, 0.5) is 5.69 Å². The van der Waals surface area contributed by atoms with E-state index in [4.69, 9.17) is 4.99 Å². The lowest BCUT2D eigenvalue weighted by Gasteiger charge is -2.50. The van der Waals surface area contributed by atoms with E-state index in [1.807, 2.05) is 0 Å². The molecule has 2 aromatic carbocycles. The molecule has 0 amide bonds. The number of benzene rings is 2. The first-order valence-corrected chi connectivity index (χ1v) is 8.43. The Morgan fingerprint density at radius 1 is 0.714 bits per heavy atom. The SMILES string of the molecule is c1ccc2c(N=C3C4CC5CC(C4)CC3C5)cccc2c1. The molecule has 0 N–H and O–H groups in total. The van der Waals surface area contributed by atoms with Crippen LogP contribution in [-0.4, -0.2) is 5.71 Å². The highest BCUT2D eigenvalue weighted by atomic mass is 14.8. The fourth-order valence-electron chi connectivity index (χ4n) is 5.29. The van der Waals surface area contributed by atoms with Gasteiger partial charge >= 0.3 is 0 Å². The summed E-state index contributed by atoms with van der Waals surface area (Å²) in [4.78, 5) is 5.20. The minimum atomic E-state index is 0.792. The molecule has 0 aromatic heterocycles. The van der Waals surface area contributed by atoms with Crippen LogP contribution in [0, 0.1) is 23.7 Å². The molecule has 0 aliphatic heterocycles. The predicted octanol–water partition coefficient (Wildman–Crippen LogP) is 5.37. The zero-order valence-electron chi connectivity index (χ0n) is 12.3. The van der Waals surface area contributed by atoms with Gasteiger partial charge in [0.25, 0.3) is 0 Å². The molecule has 0 radical (unpaired) electrons. The molecule has 2 aromatic rings. The predicted molar refractivity (Wildman–Crippen MR) is 88.1 cm³/mol. The molecule has 0 unspecified atom stereocenters. The van der Waals surface area contributed by atoms with Crippen LogP contribution in [0.2, 0.25) is 0 Å². The van der Waals surface area contributed by atoms with Crippen LogP contribution in [0.1, 0.15) is 32.1 Å². The molecule has 4 bridgehead atoms. The summed E-state index contributed by atoms with van der Waals surface area (Å²) in [6.07, 6.45) is 7.16. The van der Waals surface area contributed by atoms with Gasteiger partial charge in [0.2, 0.25) is 0 Å². The van der Waals surface area contributed by atoms with Gasteiger partial charge in [-0.15, -0.1) is 0 Å². The van der Waals surface area contributed by atoms with Crippen LogP contribution in [-0.2, 0) is 0 Å². The molecule has 1 heteroatoms. The highest BCUT2D eigenvalue weighted by molar-refractivity contribution is 5.98. The Balaban J connectivity index is 1.61. The van der Waals surface area contributed by atoms with E-state index < -0.39 is 0 Å². The van der Waals surface area contributed by atoms with Crippen molar-refractivity contribution in [2.75, 3.05) is 0 Å². The fraction of sp³-hybridized carbons (Fsp3) is 0.450. The van der Waals surface area contributed by atoms with E-state index in [-0.39, 0.29) is 0 Å². The highest BCUT2D eigenvalue weighted by Gasteiger charge is 2.46. The van der Waals surface area contributed by atoms with Crippen molar-refractivity contribution in [2.24, 2.45) is 28.7 Å². The maximum Gasteiger partial charge on any atom is 0.0707 e. The van der Waals surface area contributed by atoms with Crippen LogP contribution in [0.15, 0.2) is 47.5 Å². The van der Waals surface area contributed by atoms with Crippen molar-refractivity contribution in [3.63, 3.8) is 0 Å². The van der Waals surface area contributed by atoms with Gasteiger partial charge in [-0.1, -0.05) is 36.4 Å². The number of hydrogen-bond acceptors (Lipinski definition) is 1. The molecule has 4 aliphatic carbocycles. The minimum absolute atomic E-state index is 0.792. The van der Waals surface area contributed by atoms with Crippen molar-refractivity contribution in [2.45, 2.75) is 32.1 Å². The molecule has 0 atom stereocenters. The molecular formula is C20H21N. The molecule has 0 spiro atoms. The van der Waals surface area contributed by atoms with E-state index in [1.54, 1.807) is 5.71 Å². The molecule has 4 fully saturated rings. The lowest BCUT2D eigenvalue weighted by molar-refractivity contribution is 0.109. The number of rotatable bonds is 1. The number of aliphatic imine (C=N–C) groups is 1. The van der Waals surface area contributed by atoms with E-state index in [2.05, 4.69) is 42.5 Å². The smallest absolute Gasteiger partial charge is 0.0707 e. The second-order valence-electron chi connectivity index (χ2n) is 7.34. The Bertz CT molecular complexity index is 692. The third-order valence-corrected chi connectivity index (χ3v) is 5.99. The summed E-state index contributed by atoms with van der Waals surface area (Å²) in [7, 11) is 0. The largest absolute Gasteiger partial charge is 0.257 e. The van der Waals surface area contributed by atoms with E-state index in [1.165, 1.54) is 48.6 Å². The van der Waals surface area contributed by atoms with E-state index >= 15 is 0 Å². The van der Waals surface area contributed by atoms with Gasteiger partial charge in [0.1, 0.15) is 0 Å². The summed E-state index contributed by atoms with van der Waals surface area (Å²) in [5, 5.41) is 2.62.